The van der Waals surface area contributed by atoms with Crippen molar-refractivity contribution >= 4 is 27.8 Å². The average molecular weight is 411 g/mol. The molecule has 4 rings (SSSR count). The van der Waals surface area contributed by atoms with Gasteiger partial charge in [-0.1, -0.05) is 43.7 Å². The number of rotatable bonds is 5. The van der Waals surface area contributed by atoms with Crippen LogP contribution >= 0.6 is 0 Å². The minimum Gasteiger partial charge on any atom is -0.542 e. The Balaban J connectivity index is 0.00000256. The van der Waals surface area contributed by atoms with Gasteiger partial charge in [0.05, 0.1) is 10.9 Å². The van der Waals surface area contributed by atoms with Crippen LogP contribution in [0.3, 0.4) is 0 Å². The minimum absolute atomic E-state index is 0. The molecule has 6 nitrogen and oxygen atoms in total. The molecule has 0 spiro atoms. The van der Waals surface area contributed by atoms with Gasteiger partial charge in [-0.2, -0.15) is 0 Å². The molecule has 0 N–H and O–H groups in total. The standard InChI is InChI=1S/C23H19NO5.Na/c1-2-6-15-21-16(11-17-19(26)12-20(23(27)28)29-22(15)17)18(25)9-10-24(21)13-14-7-4-3-5-8-14;/h3-5,7-12H,2,6,13H2,1H3,(H,27,28);/q;+1/p-1. The first-order valence-electron chi connectivity index (χ1n) is 9.37. The summed E-state index contributed by atoms with van der Waals surface area (Å²) < 4.78 is 7.50. The summed E-state index contributed by atoms with van der Waals surface area (Å²) in [6.07, 6.45) is 2.96. The monoisotopic (exact) mass is 411 g/mol. The number of carboxylic acids is 1. The molecule has 0 aliphatic carbocycles. The third kappa shape index (κ3) is 3.99. The van der Waals surface area contributed by atoms with Gasteiger partial charge in [-0.3, -0.25) is 9.59 Å². The second-order valence-corrected chi connectivity index (χ2v) is 6.93. The first-order valence-corrected chi connectivity index (χ1v) is 9.37. The fourth-order valence-corrected chi connectivity index (χ4v) is 3.68. The van der Waals surface area contributed by atoms with Gasteiger partial charge >= 0.3 is 29.6 Å². The van der Waals surface area contributed by atoms with E-state index in [9.17, 15) is 19.5 Å². The van der Waals surface area contributed by atoms with Crippen LogP contribution < -0.4 is 45.5 Å². The first-order chi connectivity index (χ1) is 14.0. The number of nitrogens with zero attached hydrogens (tertiary/aromatic N) is 1. The van der Waals surface area contributed by atoms with Crippen molar-refractivity contribution in [3.63, 3.8) is 0 Å². The number of aryl methyl sites for hydroxylation is 1. The Kier molecular flexibility index (Phi) is 6.61. The van der Waals surface area contributed by atoms with E-state index in [0.29, 0.717) is 29.4 Å². The Hall–Kier alpha value is -2.67. The van der Waals surface area contributed by atoms with Crippen LogP contribution in [0.1, 0.15) is 35.0 Å². The molecule has 146 valence electrons. The number of carbonyl (C=O) groups excluding carboxylic acids is 1. The minimum atomic E-state index is -1.55. The molecule has 0 aliphatic heterocycles. The summed E-state index contributed by atoms with van der Waals surface area (Å²) >= 11 is 0. The zero-order valence-corrected chi connectivity index (χ0v) is 18.8. The maximum atomic E-state index is 12.6. The zero-order valence-electron chi connectivity index (χ0n) is 16.8. The fourth-order valence-electron chi connectivity index (χ4n) is 3.68. The van der Waals surface area contributed by atoms with E-state index in [4.69, 9.17) is 4.42 Å². The molecule has 2 aromatic heterocycles. The van der Waals surface area contributed by atoms with Gasteiger partial charge in [0.1, 0.15) is 11.6 Å². The van der Waals surface area contributed by atoms with Crippen LogP contribution in [0, 0.1) is 0 Å². The summed E-state index contributed by atoms with van der Waals surface area (Å²) in [6.45, 7) is 2.48. The van der Waals surface area contributed by atoms with E-state index >= 15 is 0 Å². The summed E-state index contributed by atoms with van der Waals surface area (Å²) in [5, 5.41) is 11.9. The van der Waals surface area contributed by atoms with Crippen LogP contribution in [0.2, 0.25) is 0 Å². The predicted octanol–water partition coefficient (Wildman–Crippen LogP) is -0.524. The Morgan fingerprint density at radius 1 is 1.03 bits per heavy atom. The number of carboxylic acid groups (broad SMARTS) is 1. The number of aromatic carboxylic acids is 1. The molecule has 0 aliphatic rings. The molecule has 4 aromatic rings. The van der Waals surface area contributed by atoms with Gasteiger partial charge < -0.3 is 18.9 Å². The van der Waals surface area contributed by atoms with Crippen molar-refractivity contribution in [2.75, 3.05) is 0 Å². The second kappa shape index (κ2) is 9.00. The van der Waals surface area contributed by atoms with Crippen molar-refractivity contribution in [3.8, 4) is 0 Å². The number of benzene rings is 2. The maximum absolute atomic E-state index is 12.6. The Morgan fingerprint density at radius 2 is 1.77 bits per heavy atom. The largest absolute Gasteiger partial charge is 1.00 e. The molecule has 0 saturated heterocycles. The molecular weight excluding hydrogens is 393 g/mol. The zero-order chi connectivity index (χ0) is 20.5. The average Bonchev–Trinajstić information content (AvgIpc) is 2.71. The van der Waals surface area contributed by atoms with Gasteiger partial charge in [0.2, 0.25) is 0 Å². The van der Waals surface area contributed by atoms with Crippen LogP contribution in [0.5, 0.6) is 0 Å². The van der Waals surface area contributed by atoms with Gasteiger partial charge in [-0.25, -0.2) is 0 Å². The van der Waals surface area contributed by atoms with Crippen LogP contribution in [0.4, 0.5) is 0 Å². The van der Waals surface area contributed by atoms with Gasteiger partial charge in [0.25, 0.3) is 0 Å². The van der Waals surface area contributed by atoms with Crippen molar-refractivity contribution in [1.82, 2.24) is 4.57 Å². The topological polar surface area (TPSA) is 92.3 Å². The molecule has 0 unspecified atom stereocenters. The maximum Gasteiger partial charge on any atom is 1.00 e. The third-order valence-corrected chi connectivity index (χ3v) is 4.94. The molecule has 2 heterocycles. The van der Waals surface area contributed by atoms with Gasteiger partial charge in [0, 0.05) is 35.8 Å². The van der Waals surface area contributed by atoms with Gasteiger partial charge in [0.15, 0.2) is 16.6 Å². The van der Waals surface area contributed by atoms with Crippen molar-refractivity contribution in [1.29, 1.82) is 0 Å². The van der Waals surface area contributed by atoms with Crippen LogP contribution in [0.15, 0.2) is 68.7 Å². The summed E-state index contributed by atoms with van der Waals surface area (Å²) in [6, 6.07) is 13.6. The van der Waals surface area contributed by atoms with Crippen LogP contribution in [-0.2, 0) is 13.0 Å². The van der Waals surface area contributed by atoms with E-state index in [1.807, 2.05) is 41.8 Å². The number of carbonyl (C=O) groups is 1. The second-order valence-electron chi connectivity index (χ2n) is 6.93. The van der Waals surface area contributed by atoms with Crippen LogP contribution in [-0.4, -0.2) is 10.5 Å². The Labute approximate surface area is 194 Å². The summed E-state index contributed by atoms with van der Waals surface area (Å²) in [7, 11) is 0. The van der Waals surface area contributed by atoms with Gasteiger partial charge in [-0.15, -0.1) is 0 Å². The molecule has 0 atom stereocenters. The number of hydrogen-bond acceptors (Lipinski definition) is 5. The van der Waals surface area contributed by atoms with E-state index in [-0.39, 0.29) is 46.0 Å². The van der Waals surface area contributed by atoms with E-state index in [2.05, 4.69) is 0 Å². The normalized spacial score (nSPS) is 10.8. The fraction of sp³-hybridized carbons (Fsp3) is 0.174. The number of aromatic nitrogens is 1. The molecule has 0 radical (unpaired) electrons. The van der Waals surface area contributed by atoms with Gasteiger partial charge in [-0.05, 0) is 18.1 Å². The van der Waals surface area contributed by atoms with Crippen molar-refractivity contribution in [3.05, 3.63) is 92.1 Å². The number of hydrogen-bond donors (Lipinski definition) is 0. The molecule has 0 saturated carbocycles. The quantitative estimate of drug-likeness (QED) is 0.325. The van der Waals surface area contributed by atoms with E-state index < -0.39 is 17.2 Å². The molecule has 30 heavy (non-hydrogen) atoms. The number of pyridine rings is 1. The van der Waals surface area contributed by atoms with Crippen molar-refractivity contribution < 1.29 is 43.9 Å². The Bertz CT molecular complexity index is 1360. The van der Waals surface area contributed by atoms with Crippen LogP contribution in [0.25, 0.3) is 21.9 Å². The SMILES string of the molecule is CCCc1c2oc(C(=O)[O-])cc(=O)c2cc2c(=O)ccn(Cc3ccccc3)c12.[Na+]. The summed E-state index contributed by atoms with van der Waals surface area (Å²) in [5.41, 5.74) is 1.82. The van der Waals surface area contributed by atoms with Crippen molar-refractivity contribution in [2.45, 2.75) is 26.3 Å². The summed E-state index contributed by atoms with van der Waals surface area (Å²) in [4.78, 5) is 36.4. The molecule has 7 heteroatoms. The Morgan fingerprint density at radius 3 is 2.43 bits per heavy atom. The first kappa shape index (κ1) is 22.0. The number of fused-ring (bicyclic) bond motifs is 2. The molecular formula is C23H18NNaO5. The van der Waals surface area contributed by atoms with Crippen molar-refractivity contribution in [2.24, 2.45) is 0 Å². The van der Waals surface area contributed by atoms with E-state index in [1.165, 1.54) is 12.1 Å². The van der Waals surface area contributed by atoms with E-state index in [1.54, 1.807) is 6.20 Å². The molecule has 0 amide bonds. The molecule has 2 aromatic carbocycles. The smallest absolute Gasteiger partial charge is 0.542 e. The third-order valence-electron chi connectivity index (χ3n) is 4.94. The van der Waals surface area contributed by atoms with E-state index in [0.717, 1.165) is 18.1 Å². The summed E-state index contributed by atoms with van der Waals surface area (Å²) in [5.74, 6) is -2.08. The molecule has 0 bridgehead atoms. The predicted molar refractivity (Wildman–Crippen MR) is 108 cm³/mol. The molecule has 0 fully saturated rings.